The van der Waals surface area contributed by atoms with Crippen LogP contribution in [-0.4, -0.2) is 232 Å². The molecule has 0 saturated carbocycles. The summed E-state index contributed by atoms with van der Waals surface area (Å²) in [7, 11) is 0. The Morgan fingerprint density at radius 3 is 1.12 bits per heavy atom. The Balaban J connectivity index is -0.000000226. The van der Waals surface area contributed by atoms with Crippen LogP contribution >= 0.6 is 23.5 Å². The van der Waals surface area contributed by atoms with Crippen LogP contribution in [0.1, 0.15) is 49.7 Å². The summed E-state index contributed by atoms with van der Waals surface area (Å²) in [6.07, 6.45) is -2.57. The minimum absolute atomic E-state index is 0. The number of carbonyl (C=O) groups excluding carboxylic acids is 6. The van der Waals surface area contributed by atoms with E-state index in [1.807, 2.05) is 73.2 Å². The molecule has 2 aromatic carbocycles. The molecule has 65 heavy (non-hydrogen) atoms. The van der Waals surface area contributed by atoms with E-state index in [1.165, 1.54) is 34.7 Å². The van der Waals surface area contributed by atoms with E-state index in [9.17, 15) is 54.3 Å². The van der Waals surface area contributed by atoms with Crippen molar-refractivity contribution in [2.75, 3.05) is 48.7 Å². The van der Waals surface area contributed by atoms with Gasteiger partial charge in [-0.3, -0.25) is 0 Å². The molecule has 0 aliphatic carbocycles. The molecule has 19 nitrogen and oxygen atoms in total. The number of thioether (sulfide) groups is 2. The van der Waals surface area contributed by atoms with E-state index in [0.29, 0.717) is 36.0 Å². The average Bonchev–Trinajstić information content (AvgIpc) is 3.64. The maximum Gasteiger partial charge on any atom is 2.00 e. The molecular formula is C40H59Ca2O19S4+. The van der Waals surface area contributed by atoms with Gasteiger partial charge in [0.1, 0.15) is 23.0 Å². The quantitative estimate of drug-likeness (QED) is 0.0179. The standard InChI is InChI=1S/2C11H14O3S.2C5H10O3S.C4H8O4.C4H6O3.2Ca/c2*12-10(11(13)14)6-7-15-8-9-4-2-1-3-5-9;2*1-9-3-2-4(6)5(7)8;5-2-1-3(6)4(7)8;5-3-1-2-7-4(3)6;;/h2*1-5,10,12H,6-8H2,(H,13,14);2*4,6H,2-3H2,1H3,(H,7,8);3,5-6H,1-2H2,(H,7,8);3,5H,1-2H2;;/q;;;;;;2*+2/p-3. The minimum atomic E-state index is -1.54. The summed E-state index contributed by atoms with van der Waals surface area (Å²) in [4.78, 5) is 59.8. The Kier molecular flexibility index (Phi) is 55.3. The molecule has 6 unspecified atom stereocenters. The molecule has 1 aliphatic heterocycles. The third-order valence-electron chi connectivity index (χ3n) is 7.26. The van der Waals surface area contributed by atoms with Gasteiger partial charge in [-0.2, -0.15) is 23.5 Å². The van der Waals surface area contributed by atoms with Gasteiger partial charge in [0.05, 0.1) is 67.0 Å². The van der Waals surface area contributed by atoms with Gasteiger partial charge in [0, 0.05) is 43.4 Å². The zero-order chi connectivity index (χ0) is 48.6. The number of esters is 1. The third kappa shape index (κ3) is 47.7. The fourth-order valence-corrected chi connectivity index (χ4v) is 6.69. The number of aliphatic hydroxyl groups is 7. The van der Waals surface area contributed by atoms with Crippen molar-refractivity contribution in [2.24, 2.45) is 0 Å². The summed E-state index contributed by atoms with van der Waals surface area (Å²) < 4.78 is 4.38. The summed E-state index contributed by atoms with van der Waals surface area (Å²) >= 11 is 5.24. The molecular weight excluding hydrogens is 993 g/mol. The van der Waals surface area contributed by atoms with Gasteiger partial charge in [0.25, 0.3) is 0 Å². The SMILES string of the molecule is CSCCC(O)C(=O)[O-].CSCCC(O)C(=O)[O-].O=C([O-])C(O)CCO.O=C([O-])C(O)CC[SH+]Cc1ccccc1.O=C([O-])C(O)CC[SH+]Cc1ccccc1.O=C1OCCC1O.[Ca+2].[Ca+2]. The fraction of sp³-hybridized carbons (Fsp3) is 0.550. The summed E-state index contributed by atoms with van der Waals surface area (Å²) in [5.41, 5.74) is 2.45. The van der Waals surface area contributed by atoms with Crippen molar-refractivity contribution in [1.82, 2.24) is 0 Å². The molecule has 0 bridgehead atoms. The first-order valence-electron chi connectivity index (χ1n) is 19.0. The van der Waals surface area contributed by atoms with Gasteiger partial charge in [0.15, 0.2) is 6.10 Å². The normalized spacial score (nSPS) is 14.2. The second-order valence-electron chi connectivity index (χ2n) is 12.5. The van der Waals surface area contributed by atoms with Gasteiger partial charge in [-0.25, -0.2) is 4.79 Å². The van der Waals surface area contributed by atoms with Gasteiger partial charge < -0.3 is 90.0 Å². The van der Waals surface area contributed by atoms with E-state index >= 15 is 0 Å². The zero-order valence-corrected chi connectivity index (χ0v) is 44.1. The van der Waals surface area contributed by atoms with Crippen LogP contribution in [0.25, 0.3) is 0 Å². The van der Waals surface area contributed by atoms with Crippen molar-refractivity contribution in [3.8, 4) is 0 Å². The molecule has 360 valence electrons. The van der Waals surface area contributed by atoms with E-state index < -0.39 is 72.4 Å². The van der Waals surface area contributed by atoms with E-state index in [1.54, 1.807) is 0 Å². The van der Waals surface area contributed by atoms with Crippen molar-refractivity contribution >= 4 is 158 Å². The number of rotatable bonds is 23. The van der Waals surface area contributed by atoms with Crippen LogP contribution in [0.15, 0.2) is 60.7 Å². The maximum atomic E-state index is 10.2. The minimum Gasteiger partial charge on any atom is -0.547 e. The van der Waals surface area contributed by atoms with E-state index in [2.05, 4.69) is 4.74 Å². The van der Waals surface area contributed by atoms with E-state index in [4.69, 9.17) is 35.7 Å². The second kappa shape index (κ2) is 49.3. The molecule has 6 atom stereocenters. The number of carbonyl (C=O) groups is 6. The van der Waals surface area contributed by atoms with Crippen LogP contribution in [0, 0.1) is 0 Å². The van der Waals surface area contributed by atoms with Crippen molar-refractivity contribution in [1.29, 1.82) is 0 Å². The molecule has 1 fully saturated rings. The molecule has 0 aromatic heterocycles. The molecule has 0 radical (unpaired) electrons. The molecule has 1 saturated heterocycles. The number of cyclic esters (lactones) is 1. The summed E-state index contributed by atoms with van der Waals surface area (Å²) in [6.45, 7) is 0.0369. The molecule has 2 aromatic rings. The van der Waals surface area contributed by atoms with Gasteiger partial charge in [-0.15, -0.1) is 0 Å². The first kappa shape index (κ1) is 72.9. The number of carboxylic acid groups (broad SMARTS) is 5. The third-order valence-corrected chi connectivity index (χ3v) is 10.9. The Hall–Kier alpha value is -1.10. The first-order valence-corrected chi connectivity index (χ1v) is 24.3. The molecule has 1 heterocycles. The molecule has 1 aliphatic rings. The van der Waals surface area contributed by atoms with E-state index in [-0.39, 0.29) is 114 Å². The Bertz CT molecular complexity index is 1420. The average molecular weight is 1050 g/mol. The topological polar surface area (TPSA) is 369 Å². The van der Waals surface area contributed by atoms with Crippen molar-refractivity contribution in [3.05, 3.63) is 71.8 Å². The number of thiol groups is 2. The van der Waals surface area contributed by atoms with Crippen molar-refractivity contribution < 1.29 is 94.8 Å². The number of benzene rings is 2. The van der Waals surface area contributed by atoms with E-state index in [0.717, 1.165) is 35.0 Å². The van der Waals surface area contributed by atoms with Crippen molar-refractivity contribution in [2.45, 2.75) is 86.7 Å². The number of hydrogen-bond donors (Lipinski definition) is 7. The molecule has 0 spiro atoms. The van der Waals surface area contributed by atoms with Gasteiger partial charge in [0.2, 0.25) is 0 Å². The number of hydrogen-bond acceptors (Lipinski definition) is 21. The summed E-state index contributed by atoms with van der Waals surface area (Å²) in [5.74, 6) is -3.15. The number of aliphatic hydroxyl groups excluding tert-OH is 7. The van der Waals surface area contributed by atoms with Crippen molar-refractivity contribution in [3.63, 3.8) is 0 Å². The fourth-order valence-electron chi connectivity index (χ4n) is 3.67. The number of ether oxygens (including phenoxy) is 1. The summed E-state index contributed by atoms with van der Waals surface area (Å²) in [6, 6.07) is 19.9. The number of carboxylic acids is 5. The smallest absolute Gasteiger partial charge is 0.547 e. The monoisotopic (exact) mass is 1050 g/mol. The van der Waals surface area contributed by atoms with Crippen LogP contribution in [0.5, 0.6) is 0 Å². The molecule has 25 heteroatoms. The number of aliphatic carboxylic acids is 5. The largest absolute Gasteiger partial charge is 2.00 e. The Morgan fingerprint density at radius 2 is 0.908 bits per heavy atom. The molecule has 3 rings (SSSR count). The predicted molar refractivity (Wildman–Crippen MR) is 243 cm³/mol. The van der Waals surface area contributed by atoms with Crippen LogP contribution in [0.3, 0.4) is 0 Å². The van der Waals surface area contributed by atoms with Gasteiger partial charge in [-0.1, -0.05) is 60.7 Å². The zero-order valence-electron chi connectivity index (χ0n) is 36.3. The first-order chi connectivity index (χ1) is 29.7. The van der Waals surface area contributed by atoms with Gasteiger partial charge >= 0.3 is 81.4 Å². The Labute approximate surface area is 455 Å². The van der Waals surface area contributed by atoms with Crippen LogP contribution in [-0.2, 0) is 68.5 Å². The Morgan fingerprint density at radius 1 is 0.600 bits per heavy atom. The summed E-state index contributed by atoms with van der Waals surface area (Å²) in [5, 5.41) is 110. The van der Waals surface area contributed by atoms with Crippen LogP contribution in [0.4, 0.5) is 0 Å². The molecule has 0 amide bonds. The second-order valence-corrected chi connectivity index (χ2v) is 16.9. The van der Waals surface area contributed by atoms with Crippen LogP contribution < -0.4 is 25.5 Å². The predicted octanol–water partition coefficient (Wildman–Crippen LogP) is -7.28. The maximum absolute atomic E-state index is 10.2. The molecule has 7 N–H and O–H groups in total. The van der Waals surface area contributed by atoms with Crippen LogP contribution in [0.2, 0.25) is 0 Å². The van der Waals surface area contributed by atoms with Gasteiger partial charge in [-0.05, 0) is 60.4 Å².